The number of imidazole rings is 1. The fourth-order valence-electron chi connectivity index (χ4n) is 4.14. The summed E-state index contributed by atoms with van der Waals surface area (Å²) in [5, 5.41) is 5.03. The van der Waals surface area contributed by atoms with Gasteiger partial charge in [0.05, 0.1) is 16.3 Å². The van der Waals surface area contributed by atoms with Gasteiger partial charge in [-0.2, -0.15) is 0 Å². The van der Waals surface area contributed by atoms with Crippen LogP contribution in [0.1, 0.15) is 25.2 Å². The number of carbonyl (C=O) groups excluding carboxylic acids is 2. The number of ether oxygens (including phenoxy) is 2. The fraction of sp³-hybridized carbons (Fsp3) is 0.250. The van der Waals surface area contributed by atoms with Crippen molar-refractivity contribution in [2.75, 3.05) is 5.32 Å². The maximum Gasteiger partial charge on any atom is 0.286 e. The first kappa shape index (κ1) is 24.7. The lowest BCUT2D eigenvalue weighted by atomic mass is 10.1. The summed E-state index contributed by atoms with van der Waals surface area (Å²) in [6.45, 7) is 4.50. The summed E-state index contributed by atoms with van der Waals surface area (Å²) < 4.78 is 14.1. The quantitative estimate of drug-likeness (QED) is 0.296. The van der Waals surface area contributed by atoms with Gasteiger partial charge in [0.1, 0.15) is 29.7 Å². The maximum absolute atomic E-state index is 11.8. The number of thioether (sulfide) groups is 1. The normalized spacial score (nSPS) is 15.3. The zero-order valence-electron chi connectivity index (χ0n) is 20.9. The van der Waals surface area contributed by atoms with Gasteiger partial charge in [-0.3, -0.25) is 14.9 Å². The zero-order chi connectivity index (χ0) is 25.9. The maximum atomic E-state index is 11.8. The average molecular weight is 517 g/mol. The number of fused-ring (bicyclic) bond motifs is 1. The highest BCUT2D eigenvalue weighted by Crippen LogP contribution is 2.28. The zero-order valence-corrected chi connectivity index (χ0v) is 21.7. The van der Waals surface area contributed by atoms with Crippen molar-refractivity contribution in [2.45, 2.75) is 38.2 Å². The number of anilines is 1. The van der Waals surface area contributed by atoms with E-state index < -0.39 is 0 Å². The van der Waals surface area contributed by atoms with Crippen molar-refractivity contribution in [2.24, 2.45) is 7.05 Å². The van der Waals surface area contributed by atoms with Crippen LogP contribution in [-0.4, -0.2) is 32.0 Å². The molecule has 0 radical (unpaired) electrons. The van der Waals surface area contributed by atoms with Crippen LogP contribution in [-0.2, 0) is 24.9 Å². The molecule has 0 spiro atoms. The van der Waals surface area contributed by atoms with Crippen molar-refractivity contribution in [3.63, 3.8) is 0 Å². The highest BCUT2D eigenvalue weighted by atomic mass is 32.2. The SMILES string of the molecule is CC(C)Nc1cccc(Oc2ccc3nc(COc4ccc(CC5SC(=O)NC5=O)cc4)n(C)c3c2)c1. The second-order valence-electron chi connectivity index (χ2n) is 9.19. The Labute approximate surface area is 219 Å². The Balaban J connectivity index is 1.23. The summed E-state index contributed by atoms with van der Waals surface area (Å²) in [5.41, 5.74) is 3.79. The summed E-state index contributed by atoms with van der Waals surface area (Å²) in [7, 11) is 1.96. The van der Waals surface area contributed by atoms with Crippen LogP contribution in [0.4, 0.5) is 10.5 Å². The minimum absolute atomic E-state index is 0.234. The number of imide groups is 1. The number of benzene rings is 3. The van der Waals surface area contributed by atoms with Gasteiger partial charge in [0.25, 0.3) is 5.24 Å². The van der Waals surface area contributed by atoms with Crippen molar-refractivity contribution in [1.29, 1.82) is 0 Å². The van der Waals surface area contributed by atoms with E-state index in [9.17, 15) is 9.59 Å². The molecule has 4 aromatic rings. The number of nitrogens with zero attached hydrogens (tertiary/aromatic N) is 2. The van der Waals surface area contributed by atoms with Crippen LogP contribution < -0.4 is 20.1 Å². The minimum atomic E-state index is -0.381. The van der Waals surface area contributed by atoms with Gasteiger partial charge in [0.15, 0.2) is 0 Å². The third kappa shape index (κ3) is 5.89. The number of carbonyl (C=O) groups is 2. The molecule has 2 heterocycles. The molecule has 2 amide bonds. The van der Waals surface area contributed by atoms with Crippen LogP contribution in [0, 0.1) is 0 Å². The standard InChI is InChI=1S/C28H28N4O4S/c1-17(2)29-19-5-4-6-21(14-19)36-22-11-12-23-24(15-22)32(3)26(30-23)16-35-20-9-7-18(8-10-20)13-25-27(33)31-28(34)37-25/h4-12,14-15,17,25,29H,13,16H2,1-3H3,(H,31,33,34). The van der Waals surface area contributed by atoms with E-state index in [2.05, 4.69) is 24.5 Å². The van der Waals surface area contributed by atoms with Crippen LogP contribution in [0.2, 0.25) is 0 Å². The highest BCUT2D eigenvalue weighted by molar-refractivity contribution is 8.15. The highest BCUT2D eigenvalue weighted by Gasteiger charge is 2.31. The molecule has 1 fully saturated rings. The topological polar surface area (TPSA) is 94.5 Å². The molecule has 1 aromatic heterocycles. The predicted molar refractivity (Wildman–Crippen MR) is 145 cm³/mol. The van der Waals surface area contributed by atoms with Crippen LogP contribution in [0.15, 0.2) is 66.7 Å². The second-order valence-corrected chi connectivity index (χ2v) is 10.4. The minimum Gasteiger partial charge on any atom is -0.486 e. The van der Waals surface area contributed by atoms with Crippen molar-refractivity contribution < 1.29 is 19.1 Å². The summed E-state index contributed by atoms with van der Waals surface area (Å²) in [6.07, 6.45) is 0.496. The molecular formula is C28H28N4O4S. The van der Waals surface area contributed by atoms with Crippen LogP contribution in [0.5, 0.6) is 17.2 Å². The second kappa shape index (κ2) is 10.6. The molecule has 1 saturated heterocycles. The van der Waals surface area contributed by atoms with E-state index in [1.165, 1.54) is 0 Å². The first-order chi connectivity index (χ1) is 17.8. The van der Waals surface area contributed by atoms with Gasteiger partial charge in [-0.1, -0.05) is 30.0 Å². The monoisotopic (exact) mass is 516 g/mol. The van der Waals surface area contributed by atoms with Gasteiger partial charge < -0.3 is 19.4 Å². The summed E-state index contributed by atoms with van der Waals surface area (Å²) in [5.74, 6) is 2.75. The van der Waals surface area contributed by atoms with Gasteiger partial charge in [-0.05, 0) is 62.2 Å². The predicted octanol–water partition coefficient (Wildman–Crippen LogP) is 5.66. The molecule has 1 aliphatic heterocycles. The first-order valence-corrected chi connectivity index (χ1v) is 12.9. The van der Waals surface area contributed by atoms with Crippen molar-refractivity contribution in [3.05, 3.63) is 78.1 Å². The van der Waals surface area contributed by atoms with E-state index in [0.717, 1.165) is 51.4 Å². The van der Waals surface area contributed by atoms with E-state index in [0.29, 0.717) is 24.8 Å². The van der Waals surface area contributed by atoms with Crippen LogP contribution in [0.25, 0.3) is 11.0 Å². The van der Waals surface area contributed by atoms with Crippen molar-refractivity contribution in [1.82, 2.24) is 14.9 Å². The number of rotatable bonds is 9. The molecule has 8 nitrogen and oxygen atoms in total. The largest absolute Gasteiger partial charge is 0.486 e. The summed E-state index contributed by atoms with van der Waals surface area (Å²) >= 11 is 1.03. The first-order valence-electron chi connectivity index (χ1n) is 12.1. The molecular weight excluding hydrogens is 488 g/mol. The van der Waals surface area contributed by atoms with Gasteiger partial charge in [-0.25, -0.2) is 4.98 Å². The molecule has 5 rings (SSSR count). The number of amides is 2. The molecule has 0 aliphatic carbocycles. The lowest BCUT2D eigenvalue weighted by Gasteiger charge is -2.12. The molecule has 1 atom stereocenters. The Hall–Kier alpha value is -3.98. The van der Waals surface area contributed by atoms with E-state index >= 15 is 0 Å². The average Bonchev–Trinajstić information content (AvgIpc) is 3.35. The van der Waals surface area contributed by atoms with E-state index in [-0.39, 0.29) is 16.4 Å². The molecule has 1 unspecified atom stereocenters. The Morgan fingerprint density at radius 1 is 1.03 bits per heavy atom. The van der Waals surface area contributed by atoms with E-state index in [1.54, 1.807) is 0 Å². The number of aromatic nitrogens is 2. The number of hydrogen-bond acceptors (Lipinski definition) is 7. The number of aryl methyl sites for hydroxylation is 1. The lowest BCUT2D eigenvalue weighted by Crippen LogP contribution is -2.25. The molecule has 0 bridgehead atoms. The number of nitrogens with one attached hydrogen (secondary N) is 2. The number of hydrogen-bond donors (Lipinski definition) is 2. The third-order valence-electron chi connectivity index (χ3n) is 5.95. The smallest absolute Gasteiger partial charge is 0.286 e. The molecule has 37 heavy (non-hydrogen) atoms. The lowest BCUT2D eigenvalue weighted by molar-refractivity contribution is -0.118. The Morgan fingerprint density at radius 3 is 2.51 bits per heavy atom. The van der Waals surface area contributed by atoms with Gasteiger partial charge in [0, 0.05) is 30.9 Å². The van der Waals surface area contributed by atoms with Crippen molar-refractivity contribution in [3.8, 4) is 17.2 Å². The Bertz CT molecular complexity index is 1450. The Kier molecular flexibility index (Phi) is 7.05. The fourth-order valence-corrected chi connectivity index (χ4v) is 5.00. The Morgan fingerprint density at radius 2 is 1.78 bits per heavy atom. The van der Waals surface area contributed by atoms with E-state index in [1.807, 2.05) is 78.3 Å². The molecule has 190 valence electrons. The van der Waals surface area contributed by atoms with Gasteiger partial charge in [0.2, 0.25) is 5.91 Å². The molecule has 9 heteroatoms. The summed E-state index contributed by atoms with van der Waals surface area (Å²) in [6, 6.07) is 21.6. The van der Waals surface area contributed by atoms with E-state index in [4.69, 9.17) is 14.5 Å². The molecule has 1 aliphatic rings. The molecule has 2 N–H and O–H groups in total. The third-order valence-corrected chi connectivity index (χ3v) is 6.93. The van der Waals surface area contributed by atoms with Gasteiger partial charge in [-0.15, -0.1) is 0 Å². The van der Waals surface area contributed by atoms with Crippen molar-refractivity contribution >= 4 is 39.6 Å². The van der Waals surface area contributed by atoms with Crippen LogP contribution >= 0.6 is 11.8 Å². The summed E-state index contributed by atoms with van der Waals surface area (Å²) in [4.78, 5) is 27.9. The van der Waals surface area contributed by atoms with Gasteiger partial charge >= 0.3 is 0 Å². The van der Waals surface area contributed by atoms with Crippen LogP contribution in [0.3, 0.4) is 0 Å². The molecule has 3 aromatic carbocycles. The molecule has 0 saturated carbocycles.